The number of hydrogen-bond donors (Lipinski definition) is 1. The minimum atomic E-state index is -4.56. The van der Waals surface area contributed by atoms with Gasteiger partial charge in [0.05, 0.1) is 5.56 Å². The topological polar surface area (TPSA) is 68.5 Å². The molecule has 0 bridgehead atoms. The van der Waals surface area contributed by atoms with Gasteiger partial charge in [-0.1, -0.05) is 36.4 Å². The first-order chi connectivity index (χ1) is 14.7. The van der Waals surface area contributed by atoms with Crippen LogP contribution >= 0.6 is 15.9 Å². The van der Waals surface area contributed by atoms with E-state index in [1.165, 1.54) is 18.2 Å². The summed E-state index contributed by atoms with van der Waals surface area (Å²) in [6, 6.07) is 15.6. The second-order valence-corrected chi connectivity index (χ2v) is 7.05. The van der Waals surface area contributed by atoms with Crippen LogP contribution in [0.4, 0.5) is 18.9 Å². The van der Waals surface area contributed by atoms with Crippen molar-refractivity contribution >= 4 is 39.6 Å². The molecule has 9 heteroatoms. The Bertz CT molecular complexity index is 1090. The minimum Gasteiger partial charge on any atom is -0.450 e. The average Bonchev–Trinajstić information content (AvgIpc) is 3.16. The predicted molar refractivity (Wildman–Crippen MR) is 111 cm³/mol. The standard InChI is InChI=1S/C22H15BrF3NO4/c23-18-11-9-17(30-18)10-12-19(28)31-20(14-5-2-1-3-6-14)21(29)27-16-8-4-7-15(13-16)22(24,25)26/h1-13,20H,(H,27,29)/b12-10+/t20-/m0/s1. The largest absolute Gasteiger partial charge is 0.450 e. The van der Waals surface area contributed by atoms with E-state index >= 15 is 0 Å². The van der Waals surface area contributed by atoms with E-state index in [4.69, 9.17) is 9.15 Å². The maximum Gasteiger partial charge on any atom is 0.416 e. The van der Waals surface area contributed by atoms with Crippen molar-refractivity contribution in [2.45, 2.75) is 12.3 Å². The van der Waals surface area contributed by atoms with Crippen molar-refractivity contribution in [3.8, 4) is 0 Å². The number of anilines is 1. The molecule has 0 aliphatic carbocycles. The second kappa shape index (κ2) is 9.65. The first-order valence-corrected chi connectivity index (χ1v) is 9.69. The van der Waals surface area contributed by atoms with E-state index in [2.05, 4.69) is 21.2 Å². The van der Waals surface area contributed by atoms with Crippen LogP contribution in [-0.2, 0) is 20.5 Å². The molecule has 3 rings (SSSR count). The van der Waals surface area contributed by atoms with Gasteiger partial charge in [0.2, 0.25) is 6.10 Å². The molecule has 0 aliphatic heterocycles. The summed E-state index contributed by atoms with van der Waals surface area (Å²) in [4.78, 5) is 25.0. The SMILES string of the molecule is O=C(/C=C/c1ccc(Br)o1)O[C@H](C(=O)Nc1cccc(C(F)(F)F)c1)c1ccccc1. The highest BCUT2D eigenvalue weighted by molar-refractivity contribution is 9.10. The van der Waals surface area contributed by atoms with Crippen LogP contribution in [0.3, 0.4) is 0 Å². The van der Waals surface area contributed by atoms with Crippen molar-refractivity contribution in [1.82, 2.24) is 0 Å². The highest BCUT2D eigenvalue weighted by atomic mass is 79.9. The molecule has 0 spiro atoms. The summed E-state index contributed by atoms with van der Waals surface area (Å²) >= 11 is 3.14. The normalized spacial score (nSPS) is 12.5. The average molecular weight is 494 g/mol. The molecule has 0 aliphatic rings. The van der Waals surface area contributed by atoms with Crippen LogP contribution in [0.1, 0.15) is 23.0 Å². The van der Waals surface area contributed by atoms with Gasteiger partial charge in [-0.2, -0.15) is 13.2 Å². The van der Waals surface area contributed by atoms with E-state index in [1.807, 2.05) is 0 Å². The van der Waals surface area contributed by atoms with Crippen molar-refractivity contribution in [1.29, 1.82) is 0 Å². The molecule has 1 amide bonds. The second-order valence-electron chi connectivity index (χ2n) is 6.27. The zero-order valence-electron chi connectivity index (χ0n) is 15.7. The van der Waals surface area contributed by atoms with E-state index in [0.717, 1.165) is 18.2 Å². The molecular formula is C22H15BrF3NO4. The van der Waals surface area contributed by atoms with E-state index in [1.54, 1.807) is 42.5 Å². The fourth-order valence-electron chi connectivity index (χ4n) is 2.61. The van der Waals surface area contributed by atoms with Crippen LogP contribution in [0.2, 0.25) is 0 Å². The van der Waals surface area contributed by atoms with E-state index < -0.39 is 29.7 Å². The van der Waals surface area contributed by atoms with Crippen LogP contribution in [0.15, 0.2) is 81.9 Å². The molecule has 5 nitrogen and oxygen atoms in total. The predicted octanol–water partition coefficient (Wildman–Crippen LogP) is 6.00. The minimum absolute atomic E-state index is 0.0761. The molecule has 1 heterocycles. The van der Waals surface area contributed by atoms with Crippen LogP contribution < -0.4 is 5.32 Å². The molecule has 3 aromatic rings. The molecule has 1 aromatic heterocycles. The molecular weight excluding hydrogens is 479 g/mol. The summed E-state index contributed by atoms with van der Waals surface area (Å²) < 4.78 is 49.8. The molecule has 0 unspecified atom stereocenters. The molecule has 31 heavy (non-hydrogen) atoms. The number of amides is 1. The number of rotatable bonds is 6. The Hall–Kier alpha value is -3.33. The smallest absolute Gasteiger partial charge is 0.416 e. The van der Waals surface area contributed by atoms with Gasteiger partial charge in [0.1, 0.15) is 5.76 Å². The summed E-state index contributed by atoms with van der Waals surface area (Å²) in [5.74, 6) is -1.25. The molecule has 0 radical (unpaired) electrons. The van der Waals surface area contributed by atoms with Gasteiger partial charge in [0.25, 0.3) is 5.91 Å². The van der Waals surface area contributed by atoms with Crippen molar-refractivity contribution in [2.75, 3.05) is 5.32 Å². The van der Waals surface area contributed by atoms with Crippen LogP contribution in [0.25, 0.3) is 6.08 Å². The van der Waals surface area contributed by atoms with Crippen LogP contribution in [-0.4, -0.2) is 11.9 Å². The van der Waals surface area contributed by atoms with Crippen LogP contribution in [0, 0.1) is 0 Å². The lowest BCUT2D eigenvalue weighted by atomic mass is 10.1. The lowest BCUT2D eigenvalue weighted by Crippen LogP contribution is -2.25. The number of alkyl halides is 3. The molecule has 0 fully saturated rings. The number of benzene rings is 2. The first-order valence-electron chi connectivity index (χ1n) is 8.89. The Morgan fingerprint density at radius 2 is 1.77 bits per heavy atom. The molecule has 160 valence electrons. The van der Waals surface area contributed by atoms with Gasteiger partial charge in [0, 0.05) is 17.3 Å². The monoisotopic (exact) mass is 493 g/mol. The van der Waals surface area contributed by atoms with Crippen molar-refractivity contribution in [2.24, 2.45) is 0 Å². The van der Waals surface area contributed by atoms with E-state index in [-0.39, 0.29) is 5.69 Å². The number of furan rings is 1. The van der Waals surface area contributed by atoms with Gasteiger partial charge < -0.3 is 14.5 Å². The van der Waals surface area contributed by atoms with Gasteiger partial charge in [-0.3, -0.25) is 4.79 Å². The van der Waals surface area contributed by atoms with Crippen molar-refractivity contribution < 1.29 is 31.9 Å². The maximum absolute atomic E-state index is 12.9. The summed E-state index contributed by atoms with van der Waals surface area (Å²) in [5, 5.41) is 2.37. The Labute approximate surface area is 183 Å². The van der Waals surface area contributed by atoms with E-state index in [0.29, 0.717) is 16.0 Å². The summed E-state index contributed by atoms with van der Waals surface area (Å²) in [6.45, 7) is 0. The Morgan fingerprint density at radius 1 is 1.03 bits per heavy atom. The molecule has 1 N–H and O–H groups in total. The molecule has 1 atom stereocenters. The fraction of sp³-hybridized carbons (Fsp3) is 0.0909. The first kappa shape index (κ1) is 22.4. The van der Waals surface area contributed by atoms with Crippen molar-refractivity contribution in [3.05, 3.63) is 94.4 Å². The van der Waals surface area contributed by atoms with Gasteiger partial charge in [-0.15, -0.1) is 0 Å². The zero-order valence-corrected chi connectivity index (χ0v) is 17.3. The summed E-state index contributed by atoms with van der Waals surface area (Å²) in [5.41, 5.74) is -0.631. The summed E-state index contributed by atoms with van der Waals surface area (Å²) in [7, 11) is 0. The van der Waals surface area contributed by atoms with Gasteiger partial charge in [-0.25, -0.2) is 4.79 Å². The summed E-state index contributed by atoms with van der Waals surface area (Å²) in [6.07, 6.45) is -3.49. The Morgan fingerprint density at radius 3 is 2.42 bits per heavy atom. The third-order valence-corrected chi connectivity index (χ3v) is 4.44. The quantitative estimate of drug-likeness (QED) is 0.337. The number of halogens is 4. The molecule has 0 saturated heterocycles. The third kappa shape index (κ3) is 6.32. The Balaban J connectivity index is 1.78. The lowest BCUT2D eigenvalue weighted by molar-refractivity contribution is -0.149. The number of ether oxygens (including phenoxy) is 1. The lowest BCUT2D eigenvalue weighted by Gasteiger charge is -2.18. The molecule has 2 aromatic carbocycles. The molecule has 0 saturated carbocycles. The van der Waals surface area contributed by atoms with Gasteiger partial charge in [-0.05, 0) is 52.3 Å². The zero-order chi connectivity index (χ0) is 22.4. The maximum atomic E-state index is 12.9. The number of hydrogen-bond acceptors (Lipinski definition) is 4. The van der Waals surface area contributed by atoms with Crippen molar-refractivity contribution in [3.63, 3.8) is 0 Å². The van der Waals surface area contributed by atoms with Crippen LogP contribution in [0.5, 0.6) is 0 Å². The highest BCUT2D eigenvalue weighted by Gasteiger charge is 2.31. The van der Waals surface area contributed by atoms with Gasteiger partial charge in [0.15, 0.2) is 4.67 Å². The number of carbonyl (C=O) groups excluding carboxylic acids is 2. The number of nitrogens with one attached hydrogen (secondary N) is 1. The number of carbonyl (C=O) groups is 2. The number of esters is 1. The fourth-order valence-corrected chi connectivity index (χ4v) is 2.92. The highest BCUT2D eigenvalue weighted by Crippen LogP contribution is 2.31. The Kier molecular flexibility index (Phi) is 6.96. The third-order valence-electron chi connectivity index (χ3n) is 4.01. The van der Waals surface area contributed by atoms with E-state index in [9.17, 15) is 22.8 Å². The van der Waals surface area contributed by atoms with Gasteiger partial charge >= 0.3 is 12.1 Å².